The SMILES string of the molecule is CCSC(=Nc1cccnc1)c1cn(C)nc1C(F)(F)F. The van der Waals surface area contributed by atoms with Gasteiger partial charge in [0, 0.05) is 19.4 Å². The molecular weight excluding hydrogens is 301 g/mol. The van der Waals surface area contributed by atoms with Crippen LogP contribution in [0, 0.1) is 0 Å². The summed E-state index contributed by atoms with van der Waals surface area (Å²) >= 11 is 1.24. The summed E-state index contributed by atoms with van der Waals surface area (Å²) in [6, 6.07) is 3.37. The van der Waals surface area contributed by atoms with Crippen molar-refractivity contribution < 1.29 is 13.2 Å². The summed E-state index contributed by atoms with van der Waals surface area (Å²) in [5.74, 6) is 0.602. The Morgan fingerprint density at radius 1 is 1.43 bits per heavy atom. The van der Waals surface area contributed by atoms with Gasteiger partial charge in [0.15, 0.2) is 5.69 Å². The molecule has 0 unspecified atom stereocenters. The van der Waals surface area contributed by atoms with Crippen molar-refractivity contribution in [3.8, 4) is 0 Å². The smallest absolute Gasteiger partial charge is 0.274 e. The van der Waals surface area contributed by atoms with Crippen molar-refractivity contribution in [3.63, 3.8) is 0 Å². The summed E-state index contributed by atoms with van der Waals surface area (Å²) in [5.41, 5.74) is -0.431. The fourth-order valence-corrected chi connectivity index (χ4v) is 2.45. The fraction of sp³-hybridized carbons (Fsp3) is 0.308. The number of nitrogens with zero attached hydrogens (tertiary/aromatic N) is 4. The lowest BCUT2D eigenvalue weighted by Crippen LogP contribution is -2.11. The van der Waals surface area contributed by atoms with Gasteiger partial charge in [-0.1, -0.05) is 6.92 Å². The number of rotatable bonds is 3. The molecule has 2 aromatic heterocycles. The van der Waals surface area contributed by atoms with Crippen molar-refractivity contribution in [1.82, 2.24) is 14.8 Å². The summed E-state index contributed by atoms with van der Waals surface area (Å²) in [7, 11) is 1.46. The van der Waals surface area contributed by atoms with Gasteiger partial charge in [0.1, 0.15) is 5.04 Å². The Balaban J connectivity index is 2.51. The van der Waals surface area contributed by atoms with Crippen molar-refractivity contribution in [2.24, 2.45) is 12.0 Å². The normalized spacial score (nSPS) is 12.7. The number of pyridine rings is 1. The Morgan fingerprint density at radius 3 is 2.76 bits per heavy atom. The molecule has 21 heavy (non-hydrogen) atoms. The molecule has 0 atom stereocenters. The number of aliphatic imine (C=N–C) groups is 1. The lowest BCUT2D eigenvalue weighted by atomic mass is 10.2. The molecule has 112 valence electrons. The average Bonchev–Trinajstić information content (AvgIpc) is 2.82. The van der Waals surface area contributed by atoms with E-state index in [0.717, 1.165) is 4.68 Å². The van der Waals surface area contributed by atoms with Crippen molar-refractivity contribution >= 4 is 22.5 Å². The van der Waals surface area contributed by atoms with E-state index in [0.29, 0.717) is 11.4 Å². The zero-order valence-corrected chi connectivity index (χ0v) is 12.2. The van der Waals surface area contributed by atoms with Crippen LogP contribution in [0.1, 0.15) is 18.2 Å². The zero-order chi connectivity index (χ0) is 15.5. The summed E-state index contributed by atoms with van der Waals surface area (Å²) in [5, 5.41) is 3.79. The minimum absolute atomic E-state index is 0.0132. The molecule has 0 aromatic carbocycles. The van der Waals surface area contributed by atoms with E-state index in [1.54, 1.807) is 18.3 Å². The Morgan fingerprint density at radius 2 is 2.19 bits per heavy atom. The summed E-state index contributed by atoms with van der Waals surface area (Å²) < 4.78 is 40.3. The van der Waals surface area contributed by atoms with Crippen LogP contribution < -0.4 is 0 Å². The first-order chi connectivity index (χ1) is 9.91. The van der Waals surface area contributed by atoms with Gasteiger partial charge in [0.05, 0.1) is 17.4 Å². The maximum atomic E-state index is 13.0. The van der Waals surface area contributed by atoms with Crippen LogP contribution >= 0.6 is 11.8 Å². The van der Waals surface area contributed by atoms with E-state index >= 15 is 0 Å². The Bertz CT molecular complexity index is 635. The number of hydrogen-bond donors (Lipinski definition) is 0. The minimum atomic E-state index is -4.51. The third kappa shape index (κ3) is 3.84. The summed E-state index contributed by atoms with van der Waals surface area (Å²) in [6.45, 7) is 1.85. The third-order valence-corrected chi connectivity index (χ3v) is 3.36. The van der Waals surface area contributed by atoms with E-state index in [4.69, 9.17) is 0 Å². The highest BCUT2D eigenvalue weighted by molar-refractivity contribution is 8.14. The van der Waals surface area contributed by atoms with Crippen LogP contribution in [-0.4, -0.2) is 25.6 Å². The maximum absolute atomic E-state index is 13.0. The average molecular weight is 314 g/mol. The van der Waals surface area contributed by atoms with Gasteiger partial charge in [-0.2, -0.15) is 18.3 Å². The first kappa shape index (κ1) is 15.6. The highest BCUT2D eigenvalue weighted by Gasteiger charge is 2.38. The Labute approximate surface area is 124 Å². The van der Waals surface area contributed by atoms with Crippen molar-refractivity contribution in [3.05, 3.63) is 42.0 Å². The highest BCUT2D eigenvalue weighted by Crippen LogP contribution is 2.33. The molecule has 0 amide bonds. The molecule has 0 saturated heterocycles. The quantitative estimate of drug-likeness (QED) is 0.641. The van der Waals surface area contributed by atoms with Crippen LogP contribution in [0.4, 0.5) is 18.9 Å². The maximum Gasteiger partial charge on any atom is 0.435 e. The first-order valence-corrected chi connectivity index (χ1v) is 7.13. The van der Waals surface area contributed by atoms with Crippen LogP contribution in [0.15, 0.2) is 35.7 Å². The van der Waals surface area contributed by atoms with Crippen LogP contribution in [0.5, 0.6) is 0 Å². The van der Waals surface area contributed by atoms with Crippen molar-refractivity contribution in [2.45, 2.75) is 13.1 Å². The minimum Gasteiger partial charge on any atom is -0.274 e. The molecule has 0 aliphatic heterocycles. The zero-order valence-electron chi connectivity index (χ0n) is 11.4. The van der Waals surface area contributed by atoms with Gasteiger partial charge in [-0.25, -0.2) is 4.99 Å². The van der Waals surface area contributed by atoms with E-state index in [2.05, 4.69) is 15.1 Å². The summed E-state index contributed by atoms with van der Waals surface area (Å²) in [4.78, 5) is 8.18. The molecule has 4 nitrogen and oxygen atoms in total. The monoisotopic (exact) mass is 314 g/mol. The van der Waals surface area contributed by atoms with E-state index in [1.807, 2.05) is 6.92 Å². The predicted molar refractivity (Wildman–Crippen MR) is 76.8 cm³/mol. The second-order valence-corrected chi connectivity index (χ2v) is 5.38. The van der Waals surface area contributed by atoms with Crippen LogP contribution in [0.3, 0.4) is 0 Å². The van der Waals surface area contributed by atoms with Gasteiger partial charge in [0.2, 0.25) is 0 Å². The molecule has 0 N–H and O–H groups in total. The number of aromatic nitrogens is 3. The molecule has 2 aromatic rings. The van der Waals surface area contributed by atoms with Gasteiger partial charge < -0.3 is 0 Å². The number of thioether (sulfide) groups is 1. The second-order valence-electron chi connectivity index (χ2n) is 4.12. The third-order valence-electron chi connectivity index (χ3n) is 2.49. The van der Waals surface area contributed by atoms with E-state index in [-0.39, 0.29) is 10.6 Å². The fourth-order valence-electron chi connectivity index (χ4n) is 1.70. The van der Waals surface area contributed by atoms with E-state index in [9.17, 15) is 13.2 Å². The van der Waals surface area contributed by atoms with Gasteiger partial charge in [-0.05, 0) is 17.9 Å². The van der Waals surface area contributed by atoms with Crippen LogP contribution in [-0.2, 0) is 13.2 Å². The molecule has 8 heteroatoms. The lowest BCUT2D eigenvalue weighted by molar-refractivity contribution is -0.141. The number of alkyl halides is 3. The van der Waals surface area contributed by atoms with Crippen molar-refractivity contribution in [2.75, 3.05) is 5.75 Å². The molecule has 0 fully saturated rings. The Hall–Kier alpha value is -1.83. The topological polar surface area (TPSA) is 43.1 Å². The number of aryl methyl sites for hydroxylation is 1. The second kappa shape index (κ2) is 6.30. The molecular formula is C13H13F3N4S. The molecule has 0 bridgehead atoms. The van der Waals surface area contributed by atoms with E-state index in [1.165, 1.54) is 31.2 Å². The predicted octanol–water partition coefficient (Wildman–Crippen LogP) is 3.67. The van der Waals surface area contributed by atoms with Crippen LogP contribution in [0.2, 0.25) is 0 Å². The largest absolute Gasteiger partial charge is 0.435 e. The van der Waals surface area contributed by atoms with Crippen molar-refractivity contribution in [1.29, 1.82) is 0 Å². The molecule has 0 aliphatic rings. The molecule has 2 rings (SSSR count). The standard InChI is InChI=1S/C13H13F3N4S/c1-3-21-12(18-9-5-4-6-17-7-9)10-8-20(2)19-11(10)13(14,15)16/h4-8H,3H2,1-2H3. The van der Waals surface area contributed by atoms with Gasteiger partial charge in [-0.15, -0.1) is 11.8 Å². The molecule has 0 aliphatic carbocycles. The lowest BCUT2D eigenvalue weighted by Gasteiger charge is -2.08. The van der Waals surface area contributed by atoms with Gasteiger partial charge >= 0.3 is 6.18 Å². The van der Waals surface area contributed by atoms with Gasteiger partial charge in [-0.3, -0.25) is 9.67 Å². The highest BCUT2D eigenvalue weighted by atomic mass is 32.2. The molecule has 0 radical (unpaired) electrons. The first-order valence-electron chi connectivity index (χ1n) is 6.14. The number of halogens is 3. The number of hydrogen-bond acceptors (Lipinski definition) is 4. The van der Waals surface area contributed by atoms with E-state index < -0.39 is 11.9 Å². The van der Waals surface area contributed by atoms with Gasteiger partial charge in [0.25, 0.3) is 0 Å². The summed E-state index contributed by atoms with van der Waals surface area (Å²) in [6.07, 6.45) is -0.0992. The van der Waals surface area contributed by atoms with Crippen LogP contribution in [0.25, 0.3) is 0 Å². The Kier molecular flexibility index (Phi) is 4.66. The molecule has 2 heterocycles. The molecule has 0 spiro atoms. The molecule has 0 saturated carbocycles.